The van der Waals surface area contributed by atoms with Gasteiger partial charge in [0, 0.05) is 12.0 Å². The summed E-state index contributed by atoms with van der Waals surface area (Å²) in [6.07, 6.45) is 0.691. The molecule has 3 rings (SSSR count). The highest BCUT2D eigenvalue weighted by atomic mass is 32.2. The molecular formula is C17H19NO2S. The highest BCUT2D eigenvalue weighted by Crippen LogP contribution is 2.36. The minimum Gasteiger partial charge on any atom is -0.327 e. The van der Waals surface area contributed by atoms with Crippen LogP contribution in [0.1, 0.15) is 22.6 Å². The molecule has 2 N–H and O–H groups in total. The van der Waals surface area contributed by atoms with E-state index in [0.29, 0.717) is 11.3 Å². The maximum atomic E-state index is 12.2. The Balaban J connectivity index is 1.88. The molecule has 1 aliphatic heterocycles. The monoisotopic (exact) mass is 301 g/mol. The molecule has 3 nitrogen and oxygen atoms in total. The SMILES string of the molecule is Cc1cccc(CC(N)C2CS(=O)(=O)c3ccccc32)c1. The smallest absolute Gasteiger partial charge is 0.179 e. The van der Waals surface area contributed by atoms with Crippen molar-refractivity contribution in [3.8, 4) is 0 Å². The average Bonchev–Trinajstić information content (AvgIpc) is 2.72. The van der Waals surface area contributed by atoms with E-state index < -0.39 is 9.84 Å². The van der Waals surface area contributed by atoms with Gasteiger partial charge >= 0.3 is 0 Å². The highest BCUT2D eigenvalue weighted by Gasteiger charge is 2.37. The first-order valence-corrected chi connectivity index (χ1v) is 8.75. The Labute approximate surface area is 125 Å². The Bertz CT molecular complexity index is 768. The summed E-state index contributed by atoms with van der Waals surface area (Å²) in [5.41, 5.74) is 9.56. The van der Waals surface area contributed by atoms with Crippen LogP contribution in [-0.4, -0.2) is 20.2 Å². The molecule has 21 heavy (non-hydrogen) atoms. The average molecular weight is 301 g/mol. The van der Waals surface area contributed by atoms with Crippen LogP contribution < -0.4 is 5.73 Å². The van der Waals surface area contributed by atoms with Gasteiger partial charge in [0.15, 0.2) is 9.84 Å². The Morgan fingerprint density at radius 3 is 2.71 bits per heavy atom. The Morgan fingerprint density at radius 1 is 1.19 bits per heavy atom. The van der Waals surface area contributed by atoms with Gasteiger partial charge in [-0.05, 0) is 30.5 Å². The minimum absolute atomic E-state index is 0.119. The van der Waals surface area contributed by atoms with Crippen LogP contribution in [0, 0.1) is 6.92 Å². The fourth-order valence-corrected chi connectivity index (χ4v) is 5.04. The van der Waals surface area contributed by atoms with Crippen LogP contribution in [0.5, 0.6) is 0 Å². The molecule has 0 spiro atoms. The molecule has 0 aromatic heterocycles. The molecule has 110 valence electrons. The maximum Gasteiger partial charge on any atom is 0.179 e. The van der Waals surface area contributed by atoms with Gasteiger partial charge in [-0.15, -0.1) is 0 Å². The molecule has 4 heteroatoms. The molecule has 0 radical (unpaired) electrons. The van der Waals surface area contributed by atoms with Crippen molar-refractivity contribution in [1.29, 1.82) is 0 Å². The second-order valence-electron chi connectivity index (χ2n) is 5.78. The molecule has 2 aromatic carbocycles. The summed E-state index contributed by atoms with van der Waals surface area (Å²) in [5.74, 6) is 0.00555. The second kappa shape index (κ2) is 5.28. The van der Waals surface area contributed by atoms with Gasteiger partial charge < -0.3 is 5.73 Å². The molecule has 0 saturated carbocycles. The van der Waals surface area contributed by atoms with Crippen molar-refractivity contribution < 1.29 is 8.42 Å². The number of fused-ring (bicyclic) bond motifs is 1. The molecule has 0 aliphatic carbocycles. The zero-order valence-electron chi connectivity index (χ0n) is 12.0. The van der Waals surface area contributed by atoms with Crippen LogP contribution in [-0.2, 0) is 16.3 Å². The number of rotatable bonds is 3. The molecule has 2 atom stereocenters. The second-order valence-corrected chi connectivity index (χ2v) is 7.79. The molecule has 2 unspecified atom stereocenters. The zero-order valence-corrected chi connectivity index (χ0v) is 12.8. The molecule has 0 bridgehead atoms. The Kier molecular flexibility index (Phi) is 3.59. The van der Waals surface area contributed by atoms with Gasteiger partial charge in [-0.3, -0.25) is 0 Å². The molecular weight excluding hydrogens is 282 g/mol. The van der Waals surface area contributed by atoms with Gasteiger partial charge in [0.25, 0.3) is 0 Å². The van der Waals surface area contributed by atoms with E-state index in [0.717, 1.165) is 11.1 Å². The standard InChI is InChI=1S/C17H19NO2S/c1-12-5-4-6-13(9-12)10-16(18)15-11-21(19,20)17-8-3-2-7-14(15)17/h2-9,15-16H,10-11,18H2,1H3. The van der Waals surface area contributed by atoms with E-state index in [9.17, 15) is 8.42 Å². The summed E-state index contributed by atoms with van der Waals surface area (Å²) in [5, 5.41) is 0. The van der Waals surface area contributed by atoms with Crippen LogP contribution in [0.2, 0.25) is 0 Å². The van der Waals surface area contributed by atoms with Crippen molar-refractivity contribution in [1.82, 2.24) is 0 Å². The lowest BCUT2D eigenvalue weighted by Gasteiger charge is -2.19. The summed E-state index contributed by atoms with van der Waals surface area (Å²) in [6, 6.07) is 15.2. The number of hydrogen-bond donors (Lipinski definition) is 1. The van der Waals surface area contributed by atoms with Crippen molar-refractivity contribution in [3.63, 3.8) is 0 Å². The van der Waals surface area contributed by atoms with E-state index in [1.807, 2.05) is 37.3 Å². The summed E-state index contributed by atoms with van der Waals surface area (Å²) in [4.78, 5) is 0.453. The van der Waals surface area contributed by atoms with Crippen LogP contribution in [0.15, 0.2) is 53.4 Å². The van der Waals surface area contributed by atoms with E-state index in [-0.39, 0.29) is 17.7 Å². The van der Waals surface area contributed by atoms with Crippen molar-refractivity contribution >= 4 is 9.84 Å². The largest absolute Gasteiger partial charge is 0.327 e. The third-order valence-electron chi connectivity index (χ3n) is 4.12. The van der Waals surface area contributed by atoms with Gasteiger partial charge in [0.05, 0.1) is 10.6 Å². The topological polar surface area (TPSA) is 60.2 Å². The fraction of sp³-hybridized carbons (Fsp3) is 0.294. The lowest BCUT2D eigenvalue weighted by molar-refractivity contribution is 0.559. The fourth-order valence-electron chi connectivity index (χ4n) is 3.09. The summed E-state index contributed by atoms with van der Waals surface area (Å²) in [6.45, 7) is 2.05. The van der Waals surface area contributed by atoms with Gasteiger partial charge in [0.1, 0.15) is 0 Å². The van der Waals surface area contributed by atoms with Crippen molar-refractivity contribution in [2.45, 2.75) is 30.2 Å². The van der Waals surface area contributed by atoms with Crippen LogP contribution in [0.4, 0.5) is 0 Å². The molecule has 0 saturated heterocycles. The molecule has 2 aromatic rings. The first kappa shape index (κ1) is 14.3. The molecule has 0 fully saturated rings. The van der Waals surface area contributed by atoms with Gasteiger partial charge in [-0.25, -0.2) is 8.42 Å². The van der Waals surface area contributed by atoms with Gasteiger partial charge in [-0.1, -0.05) is 48.0 Å². The van der Waals surface area contributed by atoms with Crippen molar-refractivity contribution in [2.75, 3.05) is 5.75 Å². The van der Waals surface area contributed by atoms with E-state index in [1.54, 1.807) is 12.1 Å². The molecule has 1 aliphatic rings. The lowest BCUT2D eigenvalue weighted by Crippen LogP contribution is -2.31. The number of sulfone groups is 1. The molecule has 1 heterocycles. The van der Waals surface area contributed by atoms with Crippen LogP contribution in [0.25, 0.3) is 0 Å². The third kappa shape index (κ3) is 2.74. The Morgan fingerprint density at radius 2 is 1.95 bits per heavy atom. The van der Waals surface area contributed by atoms with E-state index in [1.165, 1.54) is 5.56 Å². The summed E-state index contributed by atoms with van der Waals surface area (Å²) < 4.78 is 24.4. The summed E-state index contributed by atoms with van der Waals surface area (Å²) in [7, 11) is -3.18. The lowest BCUT2D eigenvalue weighted by atomic mass is 9.89. The van der Waals surface area contributed by atoms with E-state index in [4.69, 9.17) is 5.73 Å². The summed E-state index contributed by atoms with van der Waals surface area (Å²) >= 11 is 0. The maximum absolute atomic E-state index is 12.2. The van der Waals surface area contributed by atoms with Crippen LogP contribution in [0.3, 0.4) is 0 Å². The van der Waals surface area contributed by atoms with Gasteiger partial charge in [-0.2, -0.15) is 0 Å². The highest BCUT2D eigenvalue weighted by molar-refractivity contribution is 7.91. The first-order valence-electron chi connectivity index (χ1n) is 7.10. The number of aryl methyl sites for hydroxylation is 1. The first-order chi connectivity index (χ1) is 9.97. The number of benzene rings is 2. The third-order valence-corrected chi connectivity index (χ3v) is 5.96. The van der Waals surface area contributed by atoms with E-state index in [2.05, 4.69) is 6.07 Å². The van der Waals surface area contributed by atoms with Crippen molar-refractivity contribution in [2.24, 2.45) is 5.73 Å². The van der Waals surface area contributed by atoms with E-state index >= 15 is 0 Å². The quantitative estimate of drug-likeness (QED) is 0.947. The van der Waals surface area contributed by atoms with Crippen LogP contribution >= 0.6 is 0 Å². The van der Waals surface area contributed by atoms with Gasteiger partial charge in [0.2, 0.25) is 0 Å². The number of nitrogens with two attached hydrogens (primary N) is 1. The minimum atomic E-state index is -3.18. The predicted octanol–water partition coefficient (Wildman–Crippen LogP) is 2.44. The predicted molar refractivity (Wildman–Crippen MR) is 84.1 cm³/mol. The normalized spacial score (nSPS) is 21.0. The zero-order chi connectivity index (χ0) is 15.0. The number of hydrogen-bond acceptors (Lipinski definition) is 3. The van der Waals surface area contributed by atoms with Crippen molar-refractivity contribution in [3.05, 3.63) is 65.2 Å². The Hall–Kier alpha value is -1.65. The molecule has 0 amide bonds.